The number of carbonyl (C=O) groups is 1. The average Bonchev–Trinajstić information content (AvgIpc) is 2.31. The molecule has 98 valence electrons. The molecule has 1 aromatic rings. The third kappa shape index (κ3) is 2.46. The van der Waals surface area contributed by atoms with Crippen LogP contribution in [0, 0.1) is 6.92 Å². The topological polar surface area (TPSA) is 62.4 Å². The van der Waals surface area contributed by atoms with Gasteiger partial charge in [-0.1, -0.05) is 0 Å². The van der Waals surface area contributed by atoms with Crippen molar-refractivity contribution in [1.29, 1.82) is 0 Å². The van der Waals surface area contributed by atoms with Crippen LogP contribution >= 0.6 is 0 Å². The van der Waals surface area contributed by atoms with Gasteiger partial charge < -0.3 is 14.6 Å². The van der Waals surface area contributed by atoms with E-state index in [0.717, 1.165) is 5.69 Å². The number of amides is 1. The van der Waals surface area contributed by atoms with E-state index >= 15 is 0 Å². The fourth-order valence-corrected chi connectivity index (χ4v) is 2.08. The van der Waals surface area contributed by atoms with Crippen molar-refractivity contribution >= 4 is 5.91 Å². The molecule has 2 unspecified atom stereocenters. The van der Waals surface area contributed by atoms with Crippen LogP contribution in [0.4, 0.5) is 0 Å². The van der Waals surface area contributed by atoms with E-state index in [9.17, 15) is 9.59 Å². The van der Waals surface area contributed by atoms with Crippen LogP contribution in [0.25, 0.3) is 0 Å². The summed E-state index contributed by atoms with van der Waals surface area (Å²) in [4.78, 5) is 28.8. The first-order chi connectivity index (χ1) is 8.49. The number of aryl methyl sites for hydroxylation is 1. The van der Waals surface area contributed by atoms with Gasteiger partial charge in [-0.05, 0) is 20.8 Å². The fourth-order valence-electron chi connectivity index (χ4n) is 2.08. The second-order valence-corrected chi connectivity index (χ2v) is 4.84. The highest BCUT2D eigenvalue weighted by molar-refractivity contribution is 5.94. The lowest BCUT2D eigenvalue weighted by Gasteiger charge is -2.36. The summed E-state index contributed by atoms with van der Waals surface area (Å²) in [5, 5.41) is 0. The Bertz CT molecular complexity index is 509. The Hall–Kier alpha value is -1.62. The van der Waals surface area contributed by atoms with Crippen LogP contribution in [-0.2, 0) is 4.74 Å². The maximum Gasteiger partial charge on any atom is 0.259 e. The molecule has 0 bridgehead atoms. The van der Waals surface area contributed by atoms with Gasteiger partial charge in [0.25, 0.3) is 5.91 Å². The van der Waals surface area contributed by atoms with Crippen LogP contribution in [0.1, 0.15) is 29.9 Å². The van der Waals surface area contributed by atoms with E-state index < -0.39 is 0 Å². The van der Waals surface area contributed by atoms with Gasteiger partial charge in [0.2, 0.25) is 0 Å². The lowest BCUT2D eigenvalue weighted by atomic mass is 10.1. The Morgan fingerprint density at radius 2 is 2.22 bits per heavy atom. The molecule has 0 spiro atoms. The SMILES string of the molecule is Cc1cc(=O)c(C(=O)N2CC(C)OCC2C)c[nH]1. The molecule has 0 aliphatic carbocycles. The van der Waals surface area contributed by atoms with Crippen molar-refractivity contribution in [1.82, 2.24) is 9.88 Å². The number of hydrogen-bond acceptors (Lipinski definition) is 3. The van der Waals surface area contributed by atoms with Crippen molar-refractivity contribution in [3.05, 3.63) is 33.7 Å². The standard InChI is InChI=1S/C13H18N2O3/c1-8-4-12(16)11(5-14-8)13(17)15-6-10(3)18-7-9(15)2/h4-5,9-10H,6-7H2,1-3H3,(H,14,16). The number of ether oxygens (including phenoxy) is 1. The Kier molecular flexibility index (Phi) is 3.52. The number of morpholine rings is 1. The summed E-state index contributed by atoms with van der Waals surface area (Å²) in [6.45, 7) is 6.66. The van der Waals surface area contributed by atoms with E-state index in [-0.39, 0.29) is 29.0 Å². The largest absolute Gasteiger partial charge is 0.375 e. The molecule has 1 aromatic heterocycles. The highest BCUT2D eigenvalue weighted by Crippen LogP contribution is 2.13. The lowest BCUT2D eigenvalue weighted by Crippen LogP contribution is -2.51. The van der Waals surface area contributed by atoms with Crippen LogP contribution in [-0.4, -0.2) is 41.1 Å². The lowest BCUT2D eigenvalue weighted by molar-refractivity contribution is -0.0387. The van der Waals surface area contributed by atoms with Crippen LogP contribution in [0.15, 0.2) is 17.1 Å². The molecule has 1 fully saturated rings. The molecule has 18 heavy (non-hydrogen) atoms. The zero-order valence-corrected chi connectivity index (χ0v) is 10.9. The molecule has 2 atom stereocenters. The van der Waals surface area contributed by atoms with Crippen LogP contribution in [0.2, 0.25) is 0 Å². The Labute approximate surface area is 106 Å². The summed E-state index contributed by atoms with van der Waals surface area (Å²) < 4.78 is 5.48. The first-order valence-electron chi connectivity index (χ1n) is 6.11. The maximum absolute atomic E-state index is 12.3. The molecule has 1 saturated heterocycles. The van der Waals surface area contributed by atoms with E-state index in [0.29, 0.717) is 13.2 Å². The zero-order valence-electron chi connectivity index (χ0n) is 10.9. The van der Waals surface area contributed by atoms with Gasteiger partial charge in [-0.25, -0.2) is 0 Å². The third-order valence-electron chi connectivity index (χ3n) is 3.16. The Morgan fingerprint density at radius 3 is 2.89 bits per heavy atom. The number of rotatable bonds is 1. The molecule has 1 amide bonds. The molecule has 2 heterocycles. The first kappa shape index (κ1) is 12.8. The molecule has 0 radical (unpaired) electrons. The quantitative estimate of drug-likeness (QED) is 0.806. The average molecular weight is 250 g/mol. The number of H-pyrrole nitrogens is 1. The summed E-state index contributed by atoms with van der Waals surface area (Å²) in [6, 6.07) is 1.44. The predicted molar refractivity (Wildman–Crippen MR) is 67.7 cm³/mol. The van der Waals surface area contributed by atoms with Gasteiger partial charge in [0.05, 0.1) is 18.8 Å². The first-order valence-corrected chi connectivity index (χ1v) is 6.11. The molecular weight excluding hydrogens is 232 g/mol. The minimum Gasteiger partial charge on any atom is -0.375 e. The van der Waals surface area contributed by atoms with Crippen LogP contribution in [0.5, 0.6) is 0 Å². The van der Waals surface area contributed by atoms with Crippen molar-refractivity contribution in [2.45, 2.75) is 32.9 Å². The van der Waals surface area contributed by atoms with Crippen molar-refractivity contribution in [2.24, 2.45) is 0 Å². The van der Waals surface area contributed by atoms with Gasteiger partial charge in [-0.15, -0.1) is 0 Å². The van der Waals surface area contributed by atoms with E-state index in [2.05, 4.69) is 4.98 Å². The minimum atomic E-state index is -0.234. The van der Waals surface area contributed by atoms with Gasteiger partial charge in [0.1, 0.15) is 5.56 Å². The number of nitrogens with one attached hydrogen (secondary N) is 1. The predicted octanol–water partition coefficient (Wildman–Crippen LogP) is 0.933. The van der Waals surface area contributed by atoms with Gasteiger partial charge >= 0.3 is 0 Å². The van der Waals surface area contributed by atoms with E-state index in [1.807, 2.05) is 13.8 Å². The van der Waals surface area contributed by atoms with Crippen molar-refractivity contribution in [3.63, 3.8) is 0 Å². The maximum atomic E-state index is 12.3. The van der Waals surface area contributed by atoms with Crippen molar-refractivity contribution in [2.75, 3.05) is 13.2 Å². The summed E-state index contributed by atoms with van der Waals surface area (Å²) >= 11 is 0. The molecule has 1 N–H and O–H groups in total. The second kappa shape index (κ2) is 4.94. The molecule has 2 rings (SSSR count). The van der Waals surface area contributed by atoms with Crippen LogP contribution < -0.4 is 5.43 Å². The molecular formula is C13H18N2O3. The van der Waals surface area contributed by atoms with Gasteiger partial charge in [-0.3, -0.25) is 9.59 Å². The summed E-state index contributed by atoms with van der Waals surface area (Å²) in [6.07, 6.45) is 1.50. The number of hydrogen-bond donors (Lipinski definition) is 1. The Balaban J connectivity index is 2.27. The normalized spacial score (nSPS) is 24.1. The van der Waals surface area contributed by atoms with Crippen molar-refractivity contribution < 1.29 is 9.53 Å². The summed E-state index contributed by atoms with van der Waals surface area (Å²) in [7, 11) is 0. The minimum absolute atomic E-state index is 0.00518. The molecule has 0 aromatic carbocycles. The fraction of sp³-hybridized carbons (Fsp3) is 0.538. The van der Waals surface area contributed by atoms with Gasteiger partial charge in [-0.2, -0.15) is 0 Å². The highest BCUT2D eigenvalue weighted by atomic mass is 16.5. The third-order valence-corrected chi connectivity index (χ3v) is 3.16. The summed E-state index contributed by atoms with van der Waals surface area (Å²) in [5.74, 6) is -0.223. The zero-order chi connectivity index (χ0) is 13.3. The molecule has 0 saturated carbocycles. The van der Waals surface area contributed by atoms with E-state index in [1.54, 1.807) is 11.8 Å². The summed E-state index contributed by atoms with van der Waals surface area (Å²) in [5.41, 5.74) is 0.712. The smallest absolute Gasteiger partial charge is 0.259 e. The van der Waals surface area contributed by atoms with Gasteiger partial charge in [0.15, 0.2) is 5.43 Å². The van der Waals surface area contributed by atoms with Crippen LogP contribution in [0.3, 0.4) is 0 Å². The second-order valence-electron chi connectivity index (χ2n) is 4.84. The Morgan fingerprint density at radius 1 is 1.50 bits per heavy atom. The molecule has 5 heteroatoms. The van der Waals surface area contributed by atoms with Gasteiger partial charge in [0, 0.05) is 24.5 Å². The molecule has 1 aliphatic heterocycles. The number of aromatic amines is 1. The molecule has 1 aliphatic rings. The van der Waals surface area contributed by atoms with E-state index in [4.69, 9.17) is 4.74 Å². The number of aromatic nitrogens is 1. The van der Waals surface area contributed by atoms with Crippen molar-refractivity contribution in [3.8, 4) is 0 Å². The number of carbonyl (C=O) groups excluding carboxylic acids is 1. The monoisotopic (exact) mass is 250 g/mol. The number of pyridine rings is 1. The number of nitrogens with zero attached hydrogens (tertiary/aromatic N) is 1. The molecule has 5 nitrogen and oxygen atoms in total. The van der Waals surface area contributed by atoms with E-state index in [1.165, 1.54) is 12.3 Å². The highest BCUT2D eigenvalue weighted by Gasteiger charge is 2.29.